The highest BCUT2D eigenvalue weighted by Crippen LogP contribution is 2.24. The lowest BCUT2D eigenvalue weighted by molar-refractivity contribution is -0.152. The van der Waals surface area contributed by atoms with E-state index in [9.17, 15) is 9.59 Å². The van der Waals surface area contributed by atoms with Gasteiger partial charge in [-0.05, 0) is 37.8 Å². The van der Waals surface area contributed by atoms with E-state index in [1.807, 2.05) is 24.3 Å². The van der Waals surface area contributed by atoms with Gasteiger partial charge in [-0.15, -0.1) is 0 Å². The predicted molar refractivity (Wildman–Crippen MR) is 105 cm³/mol. The summed E-state index contributed by atoms with van der Waals surface area (Å²) in [5.41, 5.74) is 1.59. The number of esters is 1. The van der Waals surface area contributed by atoms with Crippen LogP contribution in [0.1, 0.15) is 39.5 Å². The van der Waals surface area contributed by atoms with Crippen LogP contribution in [0.25, 0.3) is 11.0 Å². The lowest BCUT2D eigenvalue weighted by Gasteiger charge is -2.30. The van der Waals surface area contributed by atoms with E-state index in [0.717, 1.165) is 30.3 Å². The van der Waals surface area contributed by atoms with E-state index in [1.165, 1.54) is 18.2 Å². The van der Waals surface area contributed by atoms with Gasteiger partial charge in [0.1, 0.15) is 5.03 Å². The van der Waals surface area contributed by atoms with Crippen molar-refractivity contribution in [2.75, 3.05) is 5.75 Å². The van der Waals surface area contributed by atoms with Crippen molar-refractivity contribution in [3.05, 3.63) is 30.5 Å². The van der Waals surface area contributed by atoms with Gasteiger partial charge in [-0.25, -0.2) is 4.98 Å². The molecule has 2 aromatic rings. The Morgan fingerprint density at radius 2 is 2.00 bits per heavy atom. The maximum Gasteiger partial charge on any atom is 0.317 e. The van der Waals surface area contributed by atoms with Crippen molar-refractivity contribution in [3.63, 3.8) is 0 Å². The van der Waals surface area contributed by atoms with Gasteiger partial charge in [0, 0.05) is 6.04 Å². The van der Waals surface area contributed by atoms with Gasteiger partial charge in [-0.1, -0.05) is 43.7 Å². The number of amides is 1. The monoisotopic (exact) mass is 387 g/mol. The minimum atomic E-state index is -0.796. The third-order valence-corrected chi connectivity index (χ3v) is 5.75. The Morgan fingerprint density at radius 3 is 2.78 bits per heavy atom. The van der Waals surface area contributed by atoms with Crippen LogP contribution in [-0.4, -0.2) is 39.7 Å². The predicted octanol–water partition coefficient (Wildman–Crippen LogP) is 3.35. The molecule has 1 aliphatic rings. The minimum Gasteiger partial charge on any atom is -0.452 e. The van der Waals surface area contributed by atoms with Gasteiger partial charge in [0.25, 0.3) is 5.91 Å². The summed E-state index contributed by atoms with van der Waals surface area (Å²) in [4.78, 5) is 33.2. The molecule has 0 spiro atoms. The number of rotatable bonds is 6. The van der Waals surface area contributed by atoms with Crippen LogP contribution in [0.2, 0.25) is 0 Å². The molecular weight excluding hydrogens is 362 g/mol. The summed E-state index contributed by atoms with van der Waals surface area (Å²) in [5.74, 6) is -0.107. The molecule has 3 unspecified atom stereocenters. The number of ether oxygens (including phenoxy) is 1. The number of thioether (sulfide) groups is 1. The number of carbonyl (C=O) groups is 2. The Hall–Kier alpha value is -2.15. The molecule has 3 atom stereocenters. The quantitative estimate of drug-likeness (QED) is 0.605. The molecule has 0 saturated heterocycles. The van der Waals surface area contributed by atoms with Crippen molar-refractivity contribution in [1.29, 1.82) is 0 Å². The third-order valence-electron chi connectivity index (χ3n) is 4.88. The molecule has 1 aromatic carbocycles. The van der Waals surface area contributed by atoms with Crippen LogP contribution in [0, 0.1) is 5.92 Å². The van der Waals surface area contributed by atoms with Gasteiger partial charge in [0.05, 0.1) is 23.0 Å². The molecule has 0 aliphatic heterocycles. The highest BCUT2D eigenvalue weighted by molar-refractivity contribution is 7.99. The zero-order chi connectivity index (χ0) is 19.2. The first-order valence-electron chi connectivity index (χ1n) is 9.37. The summed E-state index contributed by atoms with van der Waals surface area (Å²) in [7, 11) is 0. The summed E-state index contributed by atoms with van der Waals surface area (Å²) in [6.45, 7) is 3.77. The Bertz CT molecular complexity index is 814. The molecule has 1 heterocycles. The van der Waals surface area contributed by atoms with Gasteiger partial charge in [-0.2, -0.15) is 0 Å². The van der Waals surface area contributed by atoms with Crippen molar-refractivity contribution in [3.8, 4) is 0 Å². The first-order valence-corrected chi connectivity index (χ1v) is 10.4. The molecule has 1 saturated carbocycles. The molecule has 3 rings (SSSR count). The van der Waals surface area contributed by atoms with E-state index in [-0.39, 0.29) is 17.7 Å². The highest BCUT2D eigenvalue weighted by Gasteiger charge is 2.26. The van der Waals surface area contributed by atoms with E-state index >= 15 is 0 Å². The van der Waals surface area contributed by atoms with Gasteiger partial charge in [0.2, 0.25) is 0 Å². The SMILES string of the molecule is CC(OC(=O)CSc1cnc2ccccc2n1)C(=O)NC1CCCCC1C. The molecule has 6 nitrogen and oxygen atoms in total. The zero-order valence-corrected chi connectivity index (χ0v) is 16.5. The van der Waals surface area contributed by atoms with E-state index in [1.54, 1.807) is 13.1 Å². The van der Waals surface area contributed by atoms with Crippen LogP contribution in [0.15, 0.2) is 35.5 Å². The van der Waals surface area contributed by atoms with Crippen molar-refractivity contribution in [1.82, 2.24) is 15.3 Å². The second-order valence-corrected chi connectivity index (χ2v) is 7.99. The Morgan fingerprint density at radius 1 is 1.26 bits per heavy atom. The van der Waals surface area contributed by atoms with Crippen molar-refractivity contribution < 1.29 is 14.3 Å². The minimum absolute atomic E-state index is 0.0878. The average molecular weight is 388 g/mol. The fourth-order valence-corrected chi connectivity index (χ4v) is 3.88. The molecule has 0 bridgehead atoms. The average Bonchev–Trinajstić information content (AvgIpc) is 2.68. The van der Waals surface area contributed by atoms with Crippen molar-refractivity contribution >= 4 is 34.7 Å². The molecule has 1 aromatic heterocycles. The molecule has 1 fully saturated rings. The largest absolute Gasteiger partial charge is 0.452 e. The summed E-state index contributed by atoms with van der Waals surface area (Å²) < 4.78 is 5.28. The van der Waals surface area contributed by atoms with Crippen molar-refractivity contribution in [2.45, 2.75) is 56.7 Å². The molecule has 7 heteroatoms. The topological polar surface area (TPSA) is 81.2 Å². The molecule has 0 radical (unpaired) electrons. The van der Waals surface area contributed by atoms with Crippen LogP contribution < -0.4 is 5.32 Å². The zero-order valence-electron chi connectivity index (χ0n) is 15.7. The second-order valence-electron chi connectivity index (χ2n) is 6.99. The summed E-state index contributed by atoms with van der Waals surface area (Å²) in [6, 6.07) is 7.74. The number of carbonyl (C=O) groups excluding carboxylic acids is 2. The van der Waals surface area contributed by atoms with Crippen LogP contribution in [0.4, 0.5) is 0 Å². The van der Waals surface area contributed by atoms with Crippen molar-refractivity contribution in [2.24, 2.45) is 5.92 Å². The van der Waals surface area contributed by atoms with E-state index in [0.29, 0.717) is 10.9 Å². The maximum absolute atomic E-state index is 12.3. The summed E-state index contributed by atoms with van der Waals surface area (Å²) in [6.07, 6.45) is 5.31. The standard InChI is InChI=1S/C20H25N3O3S/c1-13-7-3-4-8-15(13)23-20(25)14(2)26-19(24)12-27-18-11-21-16-9-5-6-10-17(16)22-18/h5-6,9-11,13-15H,3-4,7-8,12H2,1-2H3,(H,23,25). The summed E-state index contributed by atoms with van der Waals surface area (Å²) in [5, 5.41) is 3.67. The van der Waals surface area contributed by atoms with Crippen LogP contribution in [0.3, 0.4) is 0 Å². The number of hydrogen-bond acceptors (Lipinski definition) is 6. The summed E-state index contributed by atoms with van der Waals surface area (Å²) >= 11 is 1.25. The number of hydrogen-bond donors (Lipinski definition) is 1. The smallest absolute Gasteiger partial charge is 0.317 e. The van der Waals surface area contributed by atoms with Gasteiger partial charge < -0.3 is 10.1 Å². The Labute approximate surface area is 163 Å². The molecule has 27 heavy (non-hydrogen) atoms. The lowest BCUT2D eigenvalue weighted by atomic mass is 9.86. The molecule has 144 valence electrons. The van der Waals surface area contributed by atoms with Gasteiger partial charge >= 0.3 is 5.97 Å². The maximum atomic E-state index is 12.3. The lowest BCUT2D eigenvalue weighted by Crippen LogP contribution is -2.46. The number of nitrogens with one attached hydrogen (secondary N) is 1. The van der Waals surface area contributed by atoms with Crippen LogP contribution in [0.5, 0.6) is 0 Å². The molecule has 1 N–H and O–H groups in total. The second kappa shape index (κ2) is 9.17. The molecule has 1 amide bonds. The number of nitrogens with zero attached hydrogens (tertiary/aromatic N) is 2. The first kappa shape index (κ1) is 19.6. The number of fused-ring (bicyclic) bond motifs is 1. The molecular formula is C20H25N3O3S. The van der Waals surface area contributed by atoms with Crippen LogP contribution >= 0.6 is 11.8 Å². The molecule has 1 aliphatic carbocycles. The Balaban J connectivity index is 1.46. The van der Waals surface area contributed by atoms with Gasteiger partial charge in [0.15, 0.2) is 6.10 Å². The number of aromatic nitrogens is 2. The van der Waals surface area contributed by atoms with E-state index in [2.05, 4.69) is 22.2 Å². The highest BCUT2D eigenvalue weighted by atomic mass is 32.2. The van der Waals surface area contributed by atoms with E-state index < -0.39 is 12.1 Å². The normalized spacial score (nSPS) is 20.8. The Kier molecular flexibility index (Phi) is 6.66. The fourth-order valence-electron chi connectivity index (χ4n) is 3.26. The first-order chi connectivity index (χ1) is 13.0. The van der Waals surface area contributed by atoms with Gasteiger partial charge in [-0.3, -0.25) is 14.6 Å². The third kappa shape index (κ3) is 5.42. The number of benzene rings is 1. The fraction of sp³-hybridized carbons (Fsp3) is 0.500. The van der Waals surface area contributed by atoms with Crippen LogP contribution in [-0.2, 0) is 14.3 Å². The van der Waals surface area contributed by atoms with E-state index in [4.69, 9.17) is 4.74 Å². The number of para-hydroxylation sites is 2.